The van der Waals surface area contributed by atoms with Gasteiger partial charge < -0.3 is 15.0 Å². The molecule has 0 spiro atoms. The van der Waals surface area contributed by atoms with Crippen molar-refractivity contribution in [1.29, 1.82) is 0 Å². The molecule has 6 heteroatoms. The Labute approximate surface area is 149 Å². The first-order chi connectivity index (χ1) is 11.9. The normalized spacial score (nSPS) is 27.5. The zero-order valence-electron chi connectivity index (χ0n) is 15.3. The molecule has 0 aliphatic carbocycles. The number of carbonyl (C=O) groups excluding carboxylic acids is 1. The van der Waals surface area contributed by atoms with Crippen molar-refractivity contribution in [3.63, 3.8) is 0 Å². The van der Waals surface area contributed by atoms with E-state index in [4.69, 9.17) is 4.74 Å². The highest BCUT2D eigenvalue weighted by Crippen LogP contribution is 2.23. The monoisotopic (exact) mass is 349 g/mol. The summed E-state index contributed by atoms with van der Waals surface area (Å²) in [4.78, 5) is 17.0. The van der Waals surface area contributed by atoms with Crippen molar-refractivity contribution in [3.05, 3.63) is 29.6 Å². The van der Waals surface area contributed by atoms with Crippen molar-refractivity contribution in [2.24, 2.45) is 0 Å². The van der Waals surface area contributed by atoms with E-state index in [0.717, 1.165) is 44.6 Å². The van der Waals surface area contributed by atoms with Crippen LogP contribution >= 0.6 is 0 Å². The number of benzene rings is 1. The van der Waals surface area contributed by atoms with Gasteiger partial charge in [-0.15, -0.1) is 0 Å². The average molecular weight is 349 g/mol. The molecule has 0 aromatic heterocycles. The SMILES string of the molecule is Cc1cc(F)ccc1NC(=O)N1CCC[C@@H]1CN1C[C@H](C)O[C@@H](C)C1. The fourth-order valence-corrected chi connectivity index (χ4v) is 3.98. The fourth-order valence-electron chi connectivity index (χ4n) is 3.98. The molecule has 138 valence electrons. The van der Waals surface area contributed by atoms with Gasteiger partial charge in [0.1, 0.15) is 5.82 Å². The molecule has 1 N–H and O–H groups in total. The van der Waals surface area contributed by atoms with Crippen LogP contribution < -0.4 is 5.32 Å². The van der Waals surface area contributed by atoms with E-state index in [1.807, 2.05) is 4.90 Å². The summed E-state index contributed by atoms with van der Waals surface area (Å²) in [6.45, 7) is 9.47. The maximum atomic E-state index is 13.2. The number of nitrogens with one attached hydrogen (secondary N) is 1. The summed E-state index contributed by atoms with van der Waals surface area (Å²) in [5, 5.41) is 2.94. The Morgan fingerprint density at radius 2 is 2.04 bits per heavy atom. The summed E-state index contributed by atoms with van der Waals surface area (Å²) < 4.78 is 19.0. The zero-order chi connectivity index (χ0) is 18.0. The second-order valence-electron chi connectivity index (χ2n) is 7.35. The van der Waals surface area contributed by atoms with Gasteiger partial charge in [0.2, 0.25) is 0 Å². The molecule has 2 aliphatic rings. The Bertz CT molecular complexity index is 615. The number of nitrogens with zero attached hydrogens (tertiary/aromatic N) is 2. The van der Waals surface area contributed by atoms with Crippen LogP contribution in [-0.2, 0) is 4.74 Å². The average Bonchev–Trinajstić information content (AvgIpc) is 2.97. The van der Waals surface area contributed by atoms with Gasteiger partial charge in [0, 0.05) is 37.9 Å². The summed E-state index contributed by atoms with van der Waals surface area (Å²) in [5.74, 6) is -0.287. The van der Waals surface area contributed by atoms with Gasteiger partial charge in [-0.05, 0) is 57.4 Å². The predicted octanol–water partition coefficient (Wildman–Crippen LogP) is 3.24. The molecular formula is C19H28FN3O2. The predicted molar refractivity (Wildman–Crippen MR) is 96.3 cm³/mol. The van der Waals surface area contributed by atoms with E-state index in [1.165, 1.54) is 12.1 Å². The number of likely N-dealkylation sites (tertiary alicyclic amines) is 1. The van der Waals surface area contributed by atoms with Crippen LogP contribution in [-0.4, -0.2) is 60.3 Å². The third kappa shape index (κ3) is 4.50. The maximum Gasteiger partial charge on any atom is 0.322 e. The summed E-state index contributed by atoms with van der Waals surface area (Å²) in [7, 11) is 0. The van der Waals surface area contributed by atoms with Crippen molar-refractivity contribution in [1.82, 2.24) is 9.80 Å². The molecule has 0 unspecified atom stereocenters. The van der Waals surface area contributed by atoms with E-state index in [2.05, 4.69) is 24.1 Å². The molecule has 5 nitrogen and oxygen atoms in total. The summed E-state index contributed by atoms with van der Waals surface area (Å²) in [5.41, 5.74) is 1.41. The second kappa shape index (κ2) is 7.70. The van der Waals surface area contributed by atoms with Crippen molar-refractivity contribution < 1.29 is 13.9 Å². The Hall–Kier alpha value is -1.66. The number of rotatable bonds is 3. The lowest BCUT2D eigenvalue weighted by atomic mass is 10.1. The van der Waals surface area contributed by atoms with Gasteiger partial charge in [-0.25, -0.2) is 9.18 Å². The maximum absolute atomic E-state index is 13.2. The summed E-state index contributed by atoms with van der Waals surface area (Å²) in [6.07, 6.45) is 2.51. The van der Waals surface area contributed by atoms with E-state index >= 15 is 0 Å². The van der Waals surface area contributed by atoms with E-state index in [9.17, 15) is 9.18 Å². The second-order valence-corrected chi connectivity index (χ2v) is 7.35. The molecule has 0 saturated carbocycles. The molecule has 25 heavy (non-hydrogen) atoms. The summed E-state index contributed by atoms with van der Waals surface area (Å²) >= 11 is 0. The molecule has 0 radical (unpaired) electrons. The van der Waals surface area contributed by atoms with Crippen LogP contribution in [0.5, 0.6) is 0 Å². The van der Waals surface area contributed by atoms with Crippen molar-refractivity contribution >= 4 is 11.7 Å². The number of hydrogen-bond donors (Lipinski definition) is 1. The van der Waals surface area contributed by atoms with Gasteiger partial charge in [0.15, 0.2) is 0 Å². The van der Waals surface area contributed by atoms with Crippen LogP contribution in [0.15, 0.2) is 18.2 Å². The van der Waals surface area contributed by atoms with Crippen LogP contribution in [0, 0.1) is 12.7 Å². The van der Waals surface area contributed by atoms with Crippen LogP contribution in [0.4, 0.5) is 14.9 Å². The number of urea groups is 1. The molecule has 1 aromatic carbocycles. The van der Waals surface area contributed by atoms with Crippen LogP contribution in [0.3, 0.4) is 0 Å². The van der Waals surface area contributed by atoms with E-state index in [0.29, 0.717) is 5.69 Å². The van der Waals surface area contributed by atoms with Crippen molar-refractivity contribution in [3.8, 4) is 0 Å². The highest BCUT2D eigenvalue weighted by molar-refractivity contribution is 5.90. The molecule has 1 aromatic rings. The minimum absolute atomic E-state index is 0.0911. The first-order valence-corrected chi connectivity index (χ1v) is 9.14. The van der Waals surface area contributed by atoms with E-state index in [-0.39, 0.29) is 30.1 Å². The molecule has 2 amide bonds. The van der Waals surface area contributed by atoms with E-state index in [1.54, 1.807) is 13.0 Å². The Morgan fingerprint density at radius 1 is 1.32 bits per heavy atom. The van der Waals surface area contributed by atoms with Gasteiger partial charge in [0.05, 0.1) is 12.2 Å². The lowest BCUT2D eigenvalue weighted by Gasteiger charge is -2.38. The third-order valence-electron chi connectivity index (χ3n) is 5.03. The number of morpholine rings is 1. The Balaban J connectivity index is 1.61. The Kier molecular flexibility index (Phi) is 5.59. The van der Waals surface area contributed by atoms with Crippen LogP contribution in [0.2, 0.25) is 0 Å². The van der Waals surface area contributed by atoms with Gasteiger partial charge in [-0.3, -0.25) is 4.90 Å². The number of halogens is 1. The van der Waals surface area contributed by atoms with Gasteiger partial charge in [-0.1, -0.05) is 0 Å². The summed E-state index contributed by atoms with van der Waals surface area (Å²) in [6, 6.07) is 4.57. The minimum atomic E-state index is -0.287. The zero-order valence-corrected chi connectivity index (χ0v) is 15.3. The third-order valence-corrected chi connectivity index (χ3v) is 5.03. The smallest absolute Gasteiger partial charge is 0.322 e. The lowest BCUT2D eigenvalue weighted by molar-refractivity contribution is -0.0712. The van der Waals surface area contributed by atoms with E-state index < -0.39 is 0 Å². The number of ether oxygens (including phenoxy) is 1. The Morgan fingerprint density at radius 3 is 2.72 bits per heavy atom. The van der Waals surface area contributed by atoms with Gasteiger partial charge >= 0.3 is 6.03 Å². The fraction of sp³-hybridized carbons (Fsp3) is 0.632. The molecule has 2 aliphatic heterocycles. The number of carbonyl (C=O) groups is 1. The highest BCUT2D eigenvalue weighted by atomic mass is 19.1. The number of hydrogen-bond acceptors (Lipinski definition) is 3. The van der Waals surface area contributed by atoms with Gasteiger partial charge in [-0.2, -0.15) is 0 Å². The molecule has 2 saturated heterocycles. The largest absolute Gasteiger partial charge is 0.373 e. The standard InChI is InChI=1S/C19H28FN3O2/c1-13-9-16(20)6-7-18(13)21-19(24)23-8-4-5-17(23)12-22-10-14(2)25-15(3)11-22/h6-7,9,14-15,17H,4-5,8,10-12H2,1-3H3,(H,21,24)/t14-,15-,17+/m0/s1. The van der Waals surface area contributed by atoms with Gasteiger partial charge in [0.25, 0.3) is 0 Å². The van der Waals surface area contributed by atoms with Crippen molar-refractivity contribution in [2.45, 2.75) is 51.9 Å². The number of aryl methyl sites for hydroxylation is 1. The topological polar surface area (TPSA) is 44.8 Å². The molecule has 3 rings (SSSR count). The first-order valence-electron chi connectivity index (χ1n) is 9.14. The van der Waals surface area contributed by atoms with Crippen LogP contribution in [0.1, 0.15) is 32.3 Å². The number of anilines is 1. The van der Waals surface area contributed by atoms with Crippen molar-refractivity contribution in [2.75, 3.05) is 31.5 Å². The molecule has 2 fully saturated rings. The lowest BCUT2D eigenvalue weighted by Crippen LogP contribution is -2.51. The number of amides is 2. The van der Waals surface area contributed by atoms with Crippen LogP contribution in [0.25, 0.3) is 0 Å². The minimum Gasteiger partial charge on any atom is -0.373 e. The molecule has 2 heterocycles. The molecule has 3 atom stereocenters. The highest BCUT2D eigenvalue weighted by Gasteiger charge is 2.32. The molecular weight excluding hydrogens is 321 g/mol. The molecule has 0 bridgehead atoms. The quantitative estimate of drug-likeness (QED) is 0.911. The first kappa shape index (κ1) is 18.1.